The number of thiophene rings is 1. The molecule has 0 spiro atoms. The van der Waals surface area contributed by atoms with Crippen molar-refractivity contribution in [2.75, 3.05) is 32.7 Å². The highest BCUT2D eigenvalue weighted by Gasteiger charge is 2.08. The van der Waals surface area contributed by atoms with E-state index in [1.54, 1.807) is 31.8 Å². The van der Waals surface area contributed by atoms with Crippen molar-refractivity contribution in [1.29, 1.82) is 0 Å². The molecule has 0 saturated carbocycles. The van der Waals surface area contributed by atoms with E-state index in [0.717, 1.165) is 28.4 Å². The van der Waals surface area contributed by atoms with Gasteiger partial charge in [0.1, 0.15) is 12.0 Å². The Morgan fingerprint density at radius 1 is 1.25 bits per heavy atom. The van der Waals surface area contributed by atoms with Crippen LogP contribution in [0.15, 0.2) is 57.5 Å². The lowest BCUT2D eigenvalue weighted by Crippen LogP contribution is -2.30. The first kappa shape index (κ1) is 19.9. The maximum Gasteiger partial charge on any atom is 0.236 e. The third kappa shape index (κ3) is 5.83. The molecule has 148 valence electrons. The smallest absolute Gasteiger partial charge is 0.236 e. The quantitative estimate of drug-likeness (QED) is 0.321. The third-order valence-electron chi connectivity index (χ3n) is 3.80. The Hall–Kier alpha value is -2.84. The summed E-state index contributed by atoms with van der Waals surface area (Å²) in [7, 11) is 3.41. The fraction of sp³-hybridized carbons (Fsp3) is 0.300. The van der Waals surface area contributed by atoms with Gasteiger partial charge in [-0.05, 0) is 23.6 Å². The highest BCUT2D eigenvalue weighted by atomic mass is 32.1. The fourth-order valence-corrected chi connectivity index (χ4v) is 3.10. The summed E-state index contributed by atoms with van der Waals surface area (Å²) in [6, 6.07) is 11.7. The van der Waals surface area contributed by atoms with Crippen LogP contribution >= 0.6 is 11.3 Å². The van der Waals surface area contributed by atoms with Gasteiger partial charge < -0.3 is 24.5 Å². The number of methoxy groups -OCH3 is 1. The lowest BCUT2D eigenvalue weighted by atomic mass is 10.3. The number of benzene rings is 1. The standard InChI is InChI=1S/C20H24N4O3S/c1-21-20(22-13-16-14-27-19(23-16)18-8-4-11-28-18)24-15-6-3-7-17(12-15)26-10-5-9-25-2/h3-4,6-8,11-12,14H,5,9-10,13H2,1-2H3,(H2,21,22,24). The number of rotatable bonds is 9. The first-order valence-corrected chi connectivity index (χ1v) is 9.84. The minimum Gasteiger partial charge on any atom is -0.493 e. The zero-order valence-corrected chi connectivity index (χ0v) is 16.8. The molecular formula is C20H24N4O3S. The number of aliphatic imine (C=N–C) groups is 1. The van der Waals surface area contributed by atoms with Crippen molar-refractivity contribution in [3.63, 3.8) is 0 Å². The molecule has 0 amide bonds. The van der Waals surface area contributed by atoms with E-state index in [-0.39, 0.29) is 0 Å². The summed E-state index contributed by atoms with van der Waals surface area (Å²) >= 11 is 1.60. The molecule has 0 aliphatic carbocycles. The zero-order chi connectivity index (χ0) is 19.6. The lowest BCUT2D eigenvalue weighted by Gasteiger charge is -2.12. The summed E-state index contributed by atoms with van der Waals surface area (Å²) in [5.41, 5.74) is 1.69. The molecule has 0 unspecified atom stereocenters. The second kappa shape index (κ2) is 10.5. The minimum absolute atomic E-state index is 0.502. The van der Waals surface area contributed by atoms with Crippen LogP contribution in [-0.2, 0) is 11.3 Å². The molecule has 7 nitrogen and oxygen atoms in total. The van der Waals surface area contributed by atoms with Gasteiger partial charge in [0.05, 0.1) is 23.7 Å². The molecule has 0 aliphatic heterocycles. The van der Waals surface area contributed by atoms with E-state index in [0.29, 0.717) is 31.6 Å². The van der Waals surface area contributed by atoms with Crippen LogP contribution in [0.1, 0.15) is 12.1 Å². The Morgan fingerprint density at radius 2 is 2.18 bits per heavy atom. The molecule has 0 saturated heterocycles. The maximum absolute atomic E-state index is 5.73. The second-order valence-electron chi connectivity index (χ2n) is 5.89. The van der Waals surface area contributed by atoms with E-state index in [1.165, 1.54) is 0 Å². The van der Waals surface area contributed by atoms with Gasteiger partial charge in [0.2, 0.25) is 5.89 Å². The minimum atomic E-state index is 0.502. The molecule has 3 aromatic rings. The Labute approximate surface area is 168 Å². The van der Waals surface area contributed by atoms with E-state index < -0.39 is 0 Å². The molecule has 0 bridgehead atoms. The number of aromatic nitrogens is 1. The normalized spacial score (nSPS) is 11.4. The van der Waals surface area contributed by atoms with Crippen molar-refractivity contribution in [3.8, 4) is 16.5 Å². The Balaban J connectivity index is 1.52. The van der Waals surface area contributed by atoms with E-state index in [2.05, 4.69) is 20.6 Å². The Bertz CT molecular complexity index is 877. The van der Waals surface area contributed by atoms with E-state index in [1.807, 2.05) is 41.8 Å². The topological polar surface area (TPSA) is 80.9 Å². The van der Waals surface area contributed by atoms with Gasteiger partial charge in [-0.2, -0.15) is 0 Å². The molecule has 1 aromatic carbocycles. The highest BCUT2D eigenvalue weighted by molar-refractivity contribution is 7.13. The van der Waals surface area contributed by atoms with Crippen LogP contribution in [0.5, 0.6) is 5.75 Å². The van der Waals surface area contributed by atoms with Gasteiger partial charge in [-0.15, -0.1) is 11.3 Å². The Kier molecular flexibility index (Phi) is 7.45. The average Bonchev–Trinajstić information content (AvgIpc) is 3.40. The van der Waals surface area contributed by atoms with Crippen LogP contribution in [-0.4, -0.2) is 38.3 Å². The van der Waals surface area contributed by atoms with Gasteiger partial charge in [-0.3, -0.25) is 4.99 Å². The highest BCUT2D eigenvalue weighted by Crippen LogP contribution is 2.23. The second-order valence-corrected chi connectivity index (χ2v) is 6.84. The molecule has 2 heterocycles. The molecular weight excluding hydrogens is 376 g/mol. The summed E-state index contributed by atoms with van der Waals surface area (Å²) in [6.07, 6.45) is 2.51. The molecule has 8 heteroatoms. The molecule has 0 radical (unpaired) electrons. The van der Waals surface area contributed by atoms with Crippen molar-refractivity contribution in [2.24, 2.45) is 4.99 Å². The van der Waals surface area contributed by atoms with Gasteiger partial charge >= 0.3 is 0 Å². The fourth-order valence-electron chi connectivity index (χ4n) is 2.45. The number of hydrogen-bond donors (Lipinski definition) is 2. The number of anilines is 1. The number of nitrogens with one attached hydrogen (secondary N) is 2. The number of ether oxygens (including phenoxy) is 2. The largest absolute Gasteiger partial charge is 0.493 e. The predicted molar refractivity (Wildman–Crippen MR) is 112 cm³/mol. The number of hydrogen-bond acceptors (Lipinski definition) is 6. The third-order valence-corrected chi connectivity index (χ3v) is 4.66. The predicted octanol–water partition coefficient (Wildman–Crippen LogP) is 4.01. The SMILES string of the molecule is CN=C(NCc1coc(-c2cccs2)n1)Nc1cccc(OCCCOC)c1. The van der Waals surface area contributed by atoms with Crippen LogP contribution in [0.25, 0.3) is 10.8 Å². The van der Waals surface area contributed by atoms with Crippen LogP contribution in [0, 0.1) is 0 Å². The van der Waals surface area contributed by atoms with Gasteiger partial charge in [-0.25, -0.2) is 4.98 Å². The number of nitrogens with zero attached hydrogens (tertiary/aromatic N) is 2. The van der Waals surface area contributed by atoms with Gasteiger partial charge in [0.25, 0.3) is 0 Å². The van der Waals surface area contributed by atoms with Crippen LogP contribution in [0.4, 0.5) is 5.69 Å². The summed E-state index contributed by atoms with van der Waals surface area (Å²) < 4.78 is 16.3. The van der Waals surface area contributed by atoms with Crippen molar-refractivity contribution in [3.05, 3.63) is 53.7 Å². The van der Waals surface area contributed by atoms with Crippen molar-refractivity contribution >= 4 is 23.0 Å². The van der Waals surface area contributed by atoms with Crippen molar-refractivity contribution in [1.82, 2.24) is 10.3 Å². The Morgan fingerprint density at radius 3 is 2.96 bits per heavy atom. The summed E-state index contributed by atoms with van der Waals surface area (Å²) in [4.78, 5) is 9.76. The molecule has 0 fully saturated rings. The van der Waals surface area contributed by atoms with Gasteiger partial charge in [0, 0.05) is 38.9 Å². The van der Waals surface area contributed by atoms with Gasteiger partial charge in [0.15, 0.2) is 5.96 Å². The molecule has 28 heavy (non-hydrogen) atoms. The number of guanidine groups is 1. The number of oxazole rings is 1. The van der Waals surface area contributed by atoms with Crippen molar-refractivity contribution < 1.29 is 13.9 Å². The van der Waals surface area contributed by atoms with E-state index in [9.17, 15) is 0 Å². The first-order valence-electron chi connectivity index (χ1n) is 8.96. The van der Waals surface area contributed by atoms with Crippen LogP contribution in [0.3, 0.4) is 0 Å². The summed E-state index contributed by atoms with van der Waals surface area (Å²) in [5, 5.41) is 8.49. The molecule has 2 aromatic heterocycles. The van der Waals surface area contributed by atoms with E-state index >= 15 is 0 Å². The summed E-state index contributed by atoms with van der Waals surface area (Å²) in [6.45, 7) is 1.80. The first-order chi connectivity index (χ1) is 13.8. The molecule has 3 rings (SSSR count). The molecule has 0 aliphatic rings. The van der Waals surface area contributed by atoms with E-state index in [4.69, 9.17) is 13.9 Å². The van der Waals surface area contributed by atoms with Crippen LogP contribution < -0.4 is 15.4 Å². The van der Waals surface area contributed by atoms with Crippen LogP contribution in [0.2, 0.25) is 0 Å². The zero-order valence-electron chi connectivity index (χ0n) is 16.0. The molecule has 2 N–H and O–H groups in total. The summed E-state index contributed by atoms with van der Waals surface area (Å²) in [5.74, 6) is 2.07. The monoisotopic (exact) mass is 400 g/mol. The molecule has 0 atom stereocenters. The van der Waals surface area contributed by atoms with Crippen molar-refractivity contribution in [2.45, 2.75) is 13.0 Å². The van der Waals surface area contributed by atoms with Gasteiger partial charge in [-0.1, -0.05) is 12.1 Å². The maximum atomic E-state index is 5.73. The average molecular weight is 401 g/mol. The lowest BCUT2D eigenvalue weighted by molar-refractivity contribution is 0.172.